The van der Waals surface area contributed by atoms with Gasteiger partial charge < -0.3 is 37.3 Å². The van der Waals surface area contributed by atoms with Crippen molar-refractivity contribution in [1.82, 2.24) is 15.6 Å². The molecule has 2 aromatic carbocycles. The summed E-state index contributed by atoms with van der Waals surface area (Å²) in [5, 5.41) is 24.6. The third-order valence-electron chi connectivity index (χ3n) is 5.48. The largest absolute Gasteiger partial charge is 0.508 e. The van der Waals surface area contributed by atoms with Gasteiger partial charge in [-0.3, -0.25) is 14.4 Å². The summed E-state index contributed by atoms with van der Waals surface area (Å²) < 4.78 is 0. The van der Waals surface area contributed by atoms with E-state index in [1.54, 1.807) is 6.20 Å². The van der Waals surface area contributed by atoms with Gasteiger partial charge in [-0.05, 0) is 35.7 Å². The van der Waals surface area contributed by atoms with Crippen LogP contribution in [0.2, 0.25) is 0 Å². The van der Waals surface area contributed by atoms with Crippen molar-refractivity contribution in [3.05, 3.63) is 65.9 Å². The van der Waals surface area contributed by atoms with Crippen LogP contribution in [0.4, 0.5) is 0 Å². The molecule has 0 spiro atoms. The van der Waals surface area contributed by atoms with Crippen molar-refractivity contribution < 1.29 is 29.4 Å². The Morgan fingerprint density at radius 1 is 0.914 bits per heavy atom. The first-order valence-electron chi connectivity index (χ1n) is 10.8. The average molecular weight is 482 g/mol. The number of H-pyrrole nitrogens is 1. The Balaban J connectivity index is 1.67. The molecule has 3 aromatic rings. The summed E-state index contributed by atoms with van der Waals surface area (Å²) in [6.07, 6.45) is 1.28. The number of nitrogens with two attached hydrogens (primary N) is 2. The molecule has 9 N–H and O–H groups in total. The Labute approximate surface area is 200 Å². The zero-order chi connectivity index (χ0) is 25.5. The maximum Gasteiger partial charge on any atom is 0.326 e. The van der Waals surface area contributed by atoms with Crippen LogP contribution < -0.4 is 22.1 Å². The number of amides is 3. The first-order chi connectivity index (χ1) is 16.6. The van der Waals surface area contributed by atoms with Crippen LogP contribution in [0.5, 0.6) is 5.75 Å². The normalized spacial score (nSPS) is 13.5. The Morgan fingerprint density at radius 3 is 2.23 bits per heavy atom. The van der Waals surface area contributed by atoms with Crippen LogP contribution in [0.25, 0.3) is 10.9 Å². The highest BCUT2D eigenvalue weighted by atomic mass is 16.4. The van der Waals surface area contributed by atoms with E-state index >= 15 is 0 Å². The van der Waals surface area contributed by atoms with Crippen LogP contribution in [0.15, 0.2) is 54.7 Å². The Kier molecular flexibility index (Phi) is 8.05. The van der Waals surface area contributed by atoms with Crippen LogP contribution in [-0.2, 0) is 32.0 Å². The second kappa shape index (κ2) is 11.2. The Hall–Kier alpha value is -4.38. The molecule has 0 aliphatic carbocycles. The summed E-state index contributed by atoms with van der Waals surface area (Å²) in [4.78, 5) is 51.8. The number of aromatic hydroxyl groups is 1. The average Bonchev–Trinajstić information content (AvgIpc) is 3.21. The van der Waals surface area contributed by atoms with Gasteiger partial charge in [-0.1, -0.05) is 30.3 Å². The molecular formula is C24H27N5O6. The Bertz CT molecular complexity index is 1220. The van der Waals surface area contributed by atoms with Crippen LogP contribution >= 0.6 is 0 Å². The second-order valence-corrected chi connectivity index (χ2v) is 8.17. The lowest BCUT2D eigenvalue weighted by atomic mass is 10.0. The molecule has 0 saturated heterocycles. The monoisotopic (exact) mass is 481 g/mol. The molecule has 3 rings (SSSR count). The van der Waals surface area contributed by atoms with E-state index in [0.717, 1.165) is 16.5 Å². The van der Waals surface area contributed by atoms with E-state index in [4.69, 9.17) is 11.5 Å². The molecule has 0 aliphatic rings. The van der Waals surface area contributed by atoms with E-state index in [1.165, 1.54) is 24.3 Å². The lowest BCUT2D eigenvalue weighted by molar-refractivity contribution is -0.142. The van der Waals surface area contributed by atoms with Crippen LogP contribution in [0, 0.1) is 0 Å². The van der Waals surface area contributed by atoms with Gasteiger partial charge in [-0.15, -0.1) is 0 Å². The van der Waals surface area contributed by atoms with Crippen molar-refractivity contribution in [3.63, 3.8) is 0 Å². The number of nitrogens with one attached hydrogen (secondary N) is 3. The topological polar surface area (TPSA) is 201 Å². The summed E-state index contributed by atoms with van der Waals surface area (Å²) in [5.41, 5.74) is 13.5. The predicted molar refractivity (Wildman–Crippen MR) is 127 cm³/mol. The van der Waals surface area contributed by atoms with E-state index in [9.17, 15) is 29.4 Å². The second-order valence-electron chi connectivity index (χ2n) is 8.17. The minimum absolute atomic E-state index is 0.0119. The molecule has 3 unspecified atom stereocenters. The smallest absolute Gasteiger partial charge is 0.326 e. The van der Waals surface area contributed by atoms with E-state index in [-0.39, 0.29) is 18.6 Å². The standard InChI is InChI=1S/C24H27N5O6/c25-17(10-14-12-27-18-4-2-1-3-16(14)18)22(32)28-19(11-21(26)31)23(33)29-20(24(34)35)9-13-5-7-15(30)8-6-13/h1-8,12,17,19-20,27,30H,9-11,25H2,(H2,26,31)(H,28,32)(H,29,33)(H,34,35). The fraction of sp³-hybridized carbons (Fsp3) is 0.250. The lowest BCUT2D eigenvalue weighted by Gasteiger charge is -2.22. The highest BCUT2D eigenvalue weighted by Gasteiger charge is 2.29. The molecule has 184 valence electrons. The van der Waals surface area contributed by atoms with Crippen LogP contribution in [-0.4, -0.2) is 57.0 Å². The number of primary amides is 1. The van der Waals surface area contributed by atoms with E-state index in [1.807, 2.05) is 24.3 Å². The maximum absolute atomic E-state index is 12.8. The minimum atomic E-state index is -1.41. The van der Waals surface area contributed by atoms with Crippen molar-refractivity contribution in [2.24, 2.45) is 11.5 Å². The van der Waals surface area contributed by atoms with Crippen LogP contribution in [0.3, 0.4) is 0 Å². The molecule has 0 aliphatic heterocycles. The Morgan fingerprint density at radius 2 is 1.57 bits per heavy atom. The molecule has 0 radical (unpaired) electrons. The number of carboxylic acid groups (broad SMARTS) is 1. The molecule has 3 atom stereocenters. The lowest BCUT2D eigenvalue weighted by Crippen LogP contribution is -2.56. The zero-order valence-corrected chi connectivity index (χ0v) is 18.7. The van der Waals surface area contributed by atoms with Gasteiger partial charge in [-0.2, -0.15) is 0 Å². The number of carbonyl (C=O) groups is 4. The molecule has 1 aromatic heterocycles. The molecule has 3 amide bonds. The van der Waals surface area contributed by atoms with E-state index in [2.05, 4.69) is 15.6 Å². The number of aromatic nitrogens is 1. The molecule has 11 nitrogen and oxygen atoms in total. The summed E-state index contributed by atoms with van der Waals surface area (Å²) >= 11 is 0. The molecule has 0 bridgehead atoms. The van der Waals surface area contributed by atoms with Crippen molar-refractivity contribution in [2.75, 3.05) is 0 Å². The molecule has 0 saturated carbocycles. The van der Waals surface area contributed by atoms with Crippen LogP contribution in [0.1, 0.15) is 17.5 Å². The van der Waals surface area contributed by atoms with E-state index in [0.29, 0.717) is 5.56 Å². The molecular weight excluding hydrogens is 454 g/mol. The molecule has 0 fully saturated rings. The number of phenols is 1. The number of rotatable bonds is 11. The highest BCUT2D eigenvalue weighted by Crippen LogP contribution is 2.19. The third-order valence-corrected chi connectivity index (χ3v) is 5.48. The number of phenolic OH excluding ortho intramolecular Hbond substituents is 1. The number of aliphatic carboxylic acids is 1. The number of benzene rings is 2. The number of hydrogen-bond donors (Lipinski definition) is 7. The van der Waals surface area contributed by atoms with Crippen molar-refractivity contribution in [1.29, 1.82) is 0 Å². The number of fused-ring (bicyclic) bond motifs is 1. The van der Waals surface area contributed by atoms with Crippen molar-refractivity contribution in [2.45, 2.75) is 37.4 Å². The zero-order valence-electron chi connectivity index (χ0n) is 18.7. The number of para-hydroxylation sites is 1. The summed E-state index contributed by atoms with van der Waals surface area (Å²) in [5.74, 6) is -3.74. The number of carbonyl (C=O) groups excluding carboxylic acids is 3. The molecule has 35 heavy (non-hydrogen) atoms. The summed E-state index contributed by atoms with van der Waals surface area (Å²) in [6, 6.07) is 9.52. The van der Waals surface area contributed by atoms with Gasteiger partial charge in [0.15, 0.2) is 0 Å². The van der Waals surface area contributed by atoms with Crippen molar-refractivity contribution >= 4 is 34.6 Å². The van der Waals surface area contributed by atoms with Gasteiger partial charge in [0.1, 0.15) is 17.8 Å². The summed E-state index contributed by atoms with van der Waals surface area (Å²) in [6.45, 7) is 0. The third kappa shape index (κ3) is 6.81. The van der Waals surface area contributed by atoms with Crippen molar-refractivity contribution in [3.8, 4) is 5.75 Å². The predicted octanol–water partition coefficient (Wildman–Crippen LogP) is -0.0844. The van der Waals surface area contributed by atoms with Gasteiger partial charge in [0.05, 0.1) is 12.5 Å². The number of hydrogen-bond acceptors (Lipinski definition) is 6. The van der Waals surface area contributed by atoms with Gasteiger partial charge in [0.25, 0.3) is 0 Å². The quantitative estimate of drug-likeness (QED) is 0.198. The van der Waals surface area contributed by atoms with Gasteiger partial charge >= 0.3 is 5.97 Å². The number of carboxylic acids is 1. The first-order valence-corrected chi connectivity index (χ1v) is 10.8. The highest BCUT2D eigenvalue weighted by molar-refractivity contribution is 5.95. The first kappa shape index (κ1) is 25.2. The van der Waals surface area contributed by atoms with Gasteiger partial charge in [0, 0.05) is 23.5 Å². The van der Waals surface area contributed by atoms with Gasteiger partial charge in [-0.25, -0.2) is 4.79 Å². The minimum Gasteiger partial charge on any atom is -0.508 e. The fourth-order valence-corrected chi connectivity index (χ4v) is 3.66. The molecule has 1 heterocycles. The van der Waals surface area contributed by atoms with E-state index < -0.39 is 48.2 Å². The SMILES string of the molecule is NC(=O)CC(NC(=O)C(N)Cc1c[nH]c2ccccc12)C(=O)NC(Cc1ccc(O)cc1)C(=O)O. The molecule has 11 heteroatoms. The van der Waals surface area contributed by atoms with Gasteiger partial charge in [0.2, 0.25) is 17.7 Å². The number of aromatic amines is 1. The fourth-order valence-electron chi connectivity index (χ4n) is 3.66. The maximum atomic E-state index is 12.8. The summed E-state index contributed by atoms with van der Waals surface area (Å²) in [7, 11) is 0.